The van der Waals surface area contributed by atoms with Crippen LogP contribution in [-0.2, 0) is 15.3 Å². The minimum atomic E-state index is -0.973. The number of hydrogen-bond donors (Lipinski definition) is 0. The quantitative estimate of drug-likeness (QED) is 0.780. The molecule has 2 nitrogen and oxygen atoms in total. The van der Waals surface area contributed by atoms with Gasteiger partial charge in [-0.25, -0.2) is 0 Å². The van der Waals surface area contributed by atoms with Crippen molar-refractivity contribution in [3.63, 3.8) is 0 Å². The minimum Gasteiger partial charge on any atom is -0.340 e. The third-order valence-corrected chi connectivity index (χ3v) is 4.17. The Labute approximate surface area is 132 Å². The molecule has 104 valence electrons. The van der Waals surface area contributed by atoms with Crippen molar-refractivity contribution in [3.05, 3.63) is 68.7 Å². The zero-order valence-corrected chi connectivity index (χ0v) is 12.7. The second-order valence-electron chi connectivity index (χ2n) is 4.45. The SMILES string of the molecule is Clc1cccc(C2(c3ccc(Cl)c(Cl)c3)OCCO2)c1. The van der Waals surface area contributed by atoms with E-state index in [2.05, 4.69) is 0 Å². The van der Waals surface area contributed by atoms with E-state index in [4.69, 9.17) is 44.3 Å². The van der Waals surface area contributed by atoms with Gasteiger partial charge in [-0.05, 0) is 24.3 Å². The number of benzene rings is 2. The van der Waals surface area contributed by atoms with E-state index in [9.17, 15) is 0 Å². The molecule has 2 aromatic carbocycles. The van der Waals surface area contributed by atoms with Crippen LogP contribution in [0.15, 0.2) is 42.5 Å². The highest BCUT2D eigenvalue weighted by atomic mass is 35.5. The van der Waals surface area contributed by atoms with Crippen LogP contribution in [0.2, 0.25) is 15.1 Å². The lowest BCUT2D eigenvalue weighted by Gasteiger charge is -2.28. The molecule has 0 bridgehead atoms. The molecule has 1 saturated heterocycles. The summed E-state index contributed by atoms with van der Waals surface area (Å²) in [5, 5.41) is 1.58. The van der Waals surface area contributed by atoms with Gasteiger partial charge in [0.1, 0.15) is 0 Å². The molecule has 0 amide bonds. The first-order valence-electron chi connectivity index (χ1n) is 6.11. The fraction of sp³-hybridized carbons (Fsp3) is 0.200. The Balaban J connectivity index is 2.14. The van der Waals surface area contributed by atoms with Crippen LogP contribution in [0.1, 0.15) is 11.1 Å². The lowest BCUT2D eigenvalue weighted by Crippen LogP contribution is -2.28. The maximum Gasteiger partial charge on any atom is 0.222 e. The summed E-state index contributed by atoms with van der Waals surface area (Å²) < 4.78 is 11.8. The topological polar surface area (TPSA) is 18.5 Å². The normalized spacial score (nSPS) is 17.4. The summed E-state index contributed by atoms with van der Waals surface area (Å²) >= 11 is 18.1. The minimum absolute atomic E-state index is 0.463. The monoisotopic (exact) mass is 328 g/mol. The van der Waals surface area contributed by atoms with E-state index in [1.165, 1.54) is 0 Å². The zero-order valence-electron chi connectivity index (χ0n) is 10.4. The van der Waals surface area contributed by atoms with Crippen LogP contribution in [0.4, 0.5) is 0 Å². The number of rotatable bonds is 2. The molecule has 5 heteroatoms. The molecule has 0 aliphatic carbocycles. The molecule has 2 aromatic rings. The zero-order chi connectivity index (χ0) is 14.2. The van der Waals surface area contributed by atoms with E-state index in [0.717, 1.165) is 11.1 Å². The predicted octanol–water partition coefficient (Wildman–Crippen LogP) is 4.89. The number of hydrogen-bond acceptors (Lipinski definition) is 2. The van der Waals surface area contributed by atoms with E-state index < -0.39 is 5.79 Å². The predicted molar refractivity (Wildman–Crippen MR) is 80.6 cm³/mol. The van der Waals surface area contributed by atoms with Crippen molar-refractivity contribution in [2.45, 2.75) is 5.79 Å². The summed E-state index contributed by atoms with van der Waals surface area (Å²) in [6.45, 7) is 1.01. The van der Waals surface area contributed by atoms with Crippen LogP contribution in [0.5, 0.6) is 0 Å². The Morgan fingerprint density at radius 1 is 0.800 bits per heavy atom. The van der Waals surface area contributed by atoms with Gasteiger partial charge in [-0.15, -0.1) is 0 Å². The molecule has 1 fully saturated rings. The van der Waals surface area contributed by atoms with Crippen molar-refractivity contribution >= 4 is 34.8 Å². The largest absolute Gasteiger partial charge is 0.340 e. The highest BCUT2D eigenvalue weighted by molar-refractivity contribution is 6.42. The molecule has 20 heavy (non-hydrogen) atoms. The number of ether oxygens (including phenoxy) is 2. The molecule has 0 unspecified atom stereocenters. The van der Waals surface area contributed by atoms with Crippen molar-refractivity contribution in [3.8, 4) is 0 Å². The van der Waals surface area contributed by atoms with Gasteiger partial charge in [-0.2, -0.15) is 0 Å². The Morgan fingerprint density at radius 3 is 2.15 bits per heavy atom. The standard InChI is InChI=1S/C15H11Cl3O2/c16-12-3-1-2-10(8-12)15(19-6-7-20-15)11-4-5-13(17)14(18)9-11/h1-5,8-9H,6-7H2. The molecule has 0 radical (unpaired) electrons. The smallest absolute Gasteiger partial charge is 0.222 e. The van der Waals surface area contributed by atoms with Gasteiger partial charge in [0.15, 0.2) is 0 Å². The fourth-order valence-electron chi connectivity index (χ4n) is 2.31. The van der Waals surface area contributed by atoms with E-state index in [1.54, 1.807) is 12.1 Å². The average Bonchev–Trinajstić information content (AvgIpc) is 2.92. The second kappa shape index (κ2) is 5.55. The molecule has 0 N–H and O–H groups in total. The highest BCUT2D eigenvalue weighted by Gasteiger charge is 2.41. The molecule has 0 atom stereocenters. The van der Waals surface area contributed by atoms with Gasteiger partial charge >= 0.3 is 0 Å². The third kappa shape index (κ3) is 2.43. The van der Waals surface area contributed by atoms with Crippen LogP contribution < -0.4 is 0 Å². The third-order valence-electron chi connectivity index (χ3n) is 3.20. The van der Waals surface area contributed by atoms with Gasteiger partial charge in [0.25, 0.3) is 0 Å². The van der Waals surface area contributed by atoms with E-state index in [-0.39, 0.29) is 0 Å². The molecule has 3 rings (SSSR count). The van der Waals surface area contributed by atoms with Crippen molar-refractivity contribution in [1.82, 2.24) is 0 Å². The lowest BCUT2D eigenvalue weighted by atomic mass is 9.97. The first-order chi connectivity index (χ1) is 9.62. The summed E-state index contributed by atoms with van der Waals surface area (Å²) in [6, 6.07) is 12.8. The maximum absolute atomic E-state index is 6.10. The fourth-order valence-corrected chi connectivity index (χ4v) is 2.79. The molecule has 0 spiro atoms. The van der Waals surface area contributed by atoms with Gasteiger partial charge in [0, 0.05) is 16.1 Å². The summed E-state index contributed by atoms with van der Waals surface area (Å²) in [7, 11) is 0. The van der Waals surface area contributed by atoms with Crippen LogP contribution in [0.3, 0.4) is 0 Å². The molecule has 1 aliphatic rings. The van der Waals surface area contributed by atoms with Crippen molar-refractivity contribution in [2.24, 2.45) is 0 Å². The molecule has 0 aromatic heterocycles. The van der Waals surface area contributed by atoms with Crippen molar-refractivity contribution < 1.29 is 9.47 Å². The van der Waals surface area contributed by atoms with Crippen molar-refractivity contribution in [1.29, 1.82) is 0 Å². The summed E-state index contributed by atoms with van der Waals surface area (Å²) in [6.07, 6.45) is 0. The summed E-state index contributed by atoms with van der Waals surface area (Å²) in [5.74, 6) is -0.973. The Bertz CT molecular complexity index is 637. The van der Waals surface area contributed by atoms with E-state index in [1.807, 2.05) is 30.3 Å². The molecule has 0 saturated carbocycles. The van der Waals surface area contributed by atoms with Gasteiger partial charge in [-0.1, -0.05) is 53.0 Å². The van der Waals surface area contributed by atoms with E-state index >= 15 is 0 Å². The van der Waals surface area contributed by atoms with Crippen LogP contribution >= 0.6 is 34.8 Å². The second-order valence-corrected chi connectivity index (χ2v) is 5.70. The van der Waals surface area contributed by atoms with Gasteiger partial charge < -0.3 is 9.47 Å². The van der Waals surface area contributed by atoms with Crippen LogP contribution in [0, 0.1) is 0 Å². The molecular weight excluding hydrogens is 319 g/mol. The van der Waals surface area contributed by atoms with Gasteiger partial charge in [0.05, 0.1) is 23.3 Å². The van der Waals surface area contributed by atoms with Crippen molar-refractivity contribution in [2.75, 3.05) is 13.2 Å². The lowest BCUT2D eigenvalue weighted by molar-refractivity contribution is -0.129. The Kier molecular flexibility index (Phi) is 3.93. The average molecular weight is 330 g/mol. The molecular formula is C15H11Cl3O2. The number of halogens is 3. The van der Waals surface area contributed by atoms with Gasteiger partial charge in [-0.3, -0.25) is 0 Å². The summed E-state index contributed by atoms with van der Waals surface area (Å²) in [5.41, 5.74) is 1.63. The maximum atomic E-state index is 6.10. The first-order valence-corrected chi connectivity index (χ1v) is 7.25. The van der Waals surface area contributed by atoms with Crippen LogP contribution in [0.25, 0.3) is 0 Å². The first kappa shape index (κ1) is 14.2. The Hall–Kier alpha value is -0.770. The molecule has 1 aliphatic heterocycles. The van der Waals surface area contributed by atoms with Gasteiger partial charge in [0.2, 0.25) is 5.79 Å². The summed E-state index contributed by atoms with van der Waals surface area (Å²) in [4.78, 5) is 0. The highest BCUT2D eigenvalue weighted by Crippen LogP contribution is 2.40. The molecule has 1 heterocycles. The Morgan fingerprint density at radius 2 is 1.50 bits per heavy atom. The van der Waals surface area contributed by atoms with E-state index in [0.29, 0.717) is 28.3 Å². The van der Waals surface area contributed by atoms with Crippen LogP contribution in [-0.4, -0.2) is 13.2 Å².